The fourth-order valence-electron chi connectivity index (χ4n) is 4.38. The molecule has 42 heavy (non-hydrogen) atoms. The second-order valence-corrected chi connectivity index (χ2v) is 10.9. The van der Waals surface area contributed by atoms with Gasteiger partial charge in [0.2, 0.25) is 0 Å². The van der Waals surface area contributed by atoms with Gasteiger partial charge in [-0.3, -0.25) is 4.79 Å². The van der Waals surface area contributed by atoms with Crippen LogP contribution in [0.5, 0.6) is 0 Å². The first kappa shape index (κ1) is 30.7. The van der Waals surface area contributed by atoms with Gasteiger partial charge in [0.05, 0.1) is 30.5 Å². The van der Waals surface area contributed by atoms with E-state index in [0.717, 1.165) is 23.3 Å². The molecule has 2 amide bonds. The van der Waals surface area contributed by atoms with Gasteiger partial charge in [-0.15, -0.1) is 0 Å². The maximum Gasteiger partial charge on any atom is 0.416 e. The maximum atomic E-state index is 13.5. The number of ether oxygens (including phenoxy) is 2. The number of hydrogen-bond donors (Lipinski definition) is 2. The first-order valence-corrected chi connectivity index (χ1v) is 13.5. The number of nitrogens with zero attached hydrogens (tertiary/aromatic N) is 2. The molecule has 3 aromatic rings. The summed E-state index contributed by atoms with van der Waals surface area (Å²) in [6.07, 6.45) is -1.22. The fourth-order valence-corrected chi connectivity index (χ4v) is 4.38. The summed E-state index contributed by atoms with van der Waals surface area (Å²) in [5.74, 6) is -0.378. The molecule has 2 heterocycles. The largest absolute Gasteiger partial charge is 0.444 e. The van der Waals surface area contributed by atoms with Gasteiger partial charge in [0.1, 0.15) is 17.6 Å². The molecular formula is C31H33F3N4O4. The van der Waals surface area contributed by atoms with Crippen molar-refractivity contribution in [2.75, 3.05) is 13.2 Å². The third kappa shape index (κ3) is 8.16. The Morgan fingerprint density at radius 3 is 2.43 bits per heavy atom. The number of rotatable bonds is 7. The lowest BCUT2D eigenvalue weighted by atomic mass is 9.95. The lowest BCUT2D eigenvalue weighted by Gasteiger charge is -2.20. The molecule has 0 bridgehead atoms. The Bertz CT molecular complexity index is 1460. The summed E-state index contributed by atoms with van der Waals surface area (Å²) < 4.78 is 51.2. The second-order valence-electron chi connectivity index (χ2n) is 10.9. The minimum absolute atomic E-state index is 0.0263. The van der Waals surface area contributed by atoms with Gasteiger partial charge >= 0.3 is 12.3 Å². The van der Waals surface area contributed by atoms with Crippen LogP contribution in [0.3, 0.4) is 0 Å². The normalized spacial score (nSPS) is 14.5. The van der Waals surface area contributed by atoms with Crippen LogP contribution in [0.1, 0.15) is 73.0 Å². The number of carbonyl (C=O) groups excluding carboxylic acids is 2. The zero-order valence-electron chi connectivity index (χ0n) is 23.8. The van der Waals surface area contributed by atoms with Crippen molar-refractivity contribution in [3.8, 4) is 11.1 Å². The molecule has 0 unspecified atom stereocenters. The van der Waals surface area contributed by atoms with Crippen molar-refractivity contribution in [1.82, 2.24) is 20.6 Å². The smallest absolute Gasteiger partial charge is 0.416 e. The summed E-state index contributed by atoms with van der Waals surface area (Å²) in [5, 5.41) is 5.52. The van der Waals surface area contributed by atoms with Crippen LogP contribution in [-0.2, 0) is 22.2 Å². The van der Waals surface area contributed by atoms with Crippen LogP contribution in [-0.4, -0.2) is 40.8 Å². The van der Waals surface area contributed by atoms with Crippen LogP contribution in [0, 0.1) is 0 Å². The number of amides is 2. The average Bonchev–Trinajstić information content (AvgIpc) is 2.95. The van der Waals surface area contributed by atoms with E-state index in [1.807, 2.05) is 6.08 Å². The van der Waals surface area contributed by atoms with Crippen molar-refractivity contribution in [3.63, 3.8) is 0 Å². The highest BCUT2D eigenvalue weighted by Crippen LogP contribution is 2.34. The van der Waals surface area contributed by atoms with E-state index in [9.17, 15) is 22.8 Å². The van der Waals surface area contributed by atoms with Crippen molar-refractivity contribution in [1.29, 1.82) is 0 Å². The Labute approximate surface area is 242 Å². The number of alkyl carbamates (subject to hydrolysis) is 1. The summed E-state index contributed by atoms with van der Waals surface area (Å²) in [7, 11) is 0. The van der Waals surface area contributed by atoms with Gasteiger partial charge in [0.15, 0.2) is 0 Å². The van der Waals surface area contributed by atoms with E-state index < -0.39 is 29.5 Å². The van der Waals surface area contributed by atoms with Crippen LogP contribution < -0.4 is 10.6 Å². The van der Waals surface area contributed by atoms with Crippen molar-refractivity contribution in [3.05, 3.63) is 89.0 Å². The quantitative estimate of drug-likeness (QED) is 0.331. The molecule has 1 aromatic heterocycles. The van der Waals surface area contributed by atoms with Crippen molar-refractivity contribution in [2.45, 2.75) is 58.5 Å². The van der Waals surface area contributed by atoms with E-state index in [1.54, 1.807) is 58.0 Å². The molecule has 222 valence electrons. The SMILES string of the molecule is C[C@@H](NC(=O)c1cc(C2=CCOCC2)ncn1)c1ccc(-c2cc(C(F)(F)F)ccc2CNC(=O)OC(C)(C)C)cc1. The van der Waals surface area contributed by atoms with Gasteiger partial charge in [-0.05, 0) is 80.1 Å². The Balaban J connectivity index is 1.50. The van der Waals surface area contributed by atoms with Gasteiger partial charge in [-0.2, -0.15) is 13.2 Å². The zero-order chi connectivity index (χ0) is 30.5. The molecule has 0 saturated heterocycles. The van der Waals surface area contributed by atoms with Crippen molar-refractivity contribution >= 4 is 17.6 Å². The zero-order valence-corrected chi connectivity index (χ0v) is 23.8. The molecule has 2 aromatic carbocycles. The summed E-state index contributed by atoms with van der Waals surface area (Å²) in [4.78, 5) is 33.5. The van der Waals surface area contributed by atoms with Gasteiger partial charge in [0.25, 0.3) is 5.91 Å². The Kier molecular flexibility index (Phi) is 9.30. The molecule has 0 saturated carbocycles. The topological polar surface area (TPSA) is 102 Å². The van der Waals surface area contributed by atoms with Gasteiger partial charge in [0, 0.05) is 6.54 Å². The molecular weight excluding hydrogens is 549 g/mol. The Morgan fingerprint density at radius 2 is 1.79 bits per heavy atom. The highest BCUT2D eigenvalue weighted by atomic mass is 19.4. The molecule has 0 radical (unpaired) electrons. The third-order valence-electron chi connectivity index (χ3n) is 6.52. The van der Waals surface area contributed by atoms with Crippen molar-refractivity contribution < 1.29 is 32.2 Å². The molecule has 1 aliphatic heterocycles. The van der Waals surface area contributed by atoms with Gasteiger partial charge in [-0.25, -0.2) is 14.8 Å². The summed E-state index contributed by atoms with van der Waals surface area (Å²) in [5.41, 5.74) is 2.45. The lowest BCUT2D eigenvalue weighted by Crippen LogP contribution is -2.32. The number of carbonyl (C=O) groups is 2. The minimum atomic E-state index is -4.53. The summed E-state index contributed by atoms with van der Waals surface area (Å²) >= 11 is 0. The summed E-state index contributed by atoms with van der Waals surface area (Å²) in [6, 6.07) is 11.5. The molecule has 1 aliphatic rings. The van der Waals surface area contributed by atoms with Crippen LogP contribution in [0.2, 0.25) is 0 Å². The van der Waals surface area contributed by atoms with E-state index in [4.69, 9.17) is 9.47 Å². The van der Waals surface area contributed by atoms with Crippen molar-refractivity contribution in [2.24, 2.45) is 0 Å². The number of alkyl halides is 3. The van der Waals surface area contributed by atoms with E-state index in [2.05, 4.69) is 20.6 Å². The highest BCUT2D eigenvalue weighted by molar-refractivity contribution is 5.93. The predicted molar refractivity (Wildman–Crippen MR) is 151 cm³/mol. The average molecular weight is 583 g/mol. The number of aromatic nitrogens is 2. The van der Waals surface area contributed by atoms with E-state index in [-0.39, 0.29) is 18.1 Å². The number of benzene rings is 2. The molecule has 0 aliphatic carbocycles. The van der Waals surface area contributed by atoms with E-state index >= 15 is 0 Å². The van der Waals surface area contributed by atoms with E-state index in [1.165, 1.54) is 12.4 Å². The Morgan fingerprint density at radius 1 is 1.05 bits per heavy atom. The summed E-state index contributed by atoms with van der Waals surface area (Å²) in [6.45, 7) is 8.02. The van der Waals surface area contributed by atoms with Gasteiger partial charge < -0.3 is 20.1 Å². The minimum Gasteiger partial charge on any atom is -0.444 e. The standard InChI is InChI=1S/C31H33F3N4O4/c1-19(38-28(39)27-16-26(36-18-37-27)22-11-13-41-14-12-22)20-5-7-21(8-6-20)25-15-24(31(32,33)34)10-9-23(25)17-35-29(40)42-30(2,3)4/h5-11,15-16,18-19H,12-14,17H2,1-4H3,(H,35,40)(H,38,39)/t19-/m1/s1. The first-order valence-electron chi connectivity index (χ1n) is 13.5. The molecule has 0 fully saturated rings. The van der Waals surface area contributed by atoms with Crippen LogP contribution in [0.15, 0.2) is 60.9 Å². The highest BCUT2D eigenvalue weighted by Gasteiger charge is 2.31. The predicted octanol–water partition coefficient (Wildman–Crippen LogP) is 6.48. The number of hydrogen-bond acceptors (Lipinski definition) is 6. The van der Waals surface area contributed by atoms with Gasteiger partial charge in [-0.1, -0.05) is 36.4 Å². The fraction of sp³-hybridized carbons (Fsp3) is 0.355. The second kappa shape index (κ2) is 12.7. The molecule has 8 nitrogen and oxygen atoms in total. The molecule has 11 heteroatoms. The lowest BCUT2D eigenvalue weighted by molar-refractivity contribution is -0.137. The Hall–Kier alpha value is -4.25. The van der Waals surface area contributed by atoms with E-state index in [0.29, 0.717) is 42.0 Å². The first-order chi connectivity index (χ1) is 19.8. The number of nitrogens with one attached hydrogen (secondary N) is 2. The molecule has 4 rings (SSSR count). The van der Waals surface area contributed by atoms with Crippen LogP contribution in [0.25, 0.3) is 16.7 Å². The van der Waals surface area contributed by atoms with Crippen LogP contribution >= 0.6 is 0 Å². The van der Waals surface area contributed by atoms with Crippen LogP contribution in [0.4, 0.5) is 18.0 Å². The third-order valence-corrected chi connectivity index (χ3v) is 6.52. The molecule has 0 spiro atoms. The monoisotopic (exact) mass is 582 g/mol. The maximum absolute atomic E-state index is 13.5. The number of halogens is 3. The molecule has 1 atom stereocenters. The molecule has 2 N–H and O–H groups in total.